The number of rotatable bonds is 7. The molecule has 0 rings (SSSR count). The van der Waals surface area contributed by atoms with Crippen LogP contribution in [0.1, 0.15) is 52.9 Å². The van der Waals surface area contributed by atoms with Crippen LogP contribution in [-0.2, 0) is 0 Å². The van der Waals surface area contributed by atoms with Gasteiger partial charge in [-0.15, -0.1) is 0 Å². The van der Waals surface area contributed by atoms with E-state index in [0.717, 1.165) is 17.6 Å². The molecule has 0 spiro atoms. The quantitative estimate of drug-likeness (QED) is 0.527. The van der Waals surface area contributed by atoms with Crippen molar-refractivity contribution in [1.29, 1.82) is 0 Å². The van der Waals surface area contributed by atoms with Crippen molar-refractivity contribution >= 4 is 15.7 Å². The summed E-state index contributed by atoms with van der Waals surface area (Å²) in [5.74, 6) is 1.93. The Morgan fingerprint density at radius 2 is 1.62 bits per heavy atom. The third kappa shape index (κ3) is 4.78. The van der Waals surface area contributed by atoms with Crippen molar-refractivity contribution in [3.63, 3.8) is 0 Å². The van der Waals surface area contributed by atoms with Crippen LogP contribution in [0.4, 0.5) is 0 Å². The first-order chi connectivity index (χ1) is 6.17. The second-order valence-corrected chi connectivity index (χ2v) is 4.63. The molecule has 2 unspecified atom stereocenters. The first kappa shape index (κ1) is 13.1. The largest absolute Gasteiger partial charge is 0.0960 e. The molecular formula is C11H26B2. The summed E-state index contributed by atoms with van der Waals surface area (Å²) in [4.78, 5) is 0. The van der Waals surface area contributed by atoms with E-state index in [1.165, 1.54) is 32.1 Å². The Labute approximate surface area is 86.7 Å². The van der Waals surface area contributed by atoms with Crippen LogP contribution in [0.5, 0.6) is 0 Å². The summed E-state index contributed by atoms with van der Waals surface area (Å²) >= 11 is 0. The molecule has 0 N–H and O–H groups in total. The fourth-order valence-corrected chi connectivity index (χ4v) is 2.54. The Morgan fingerprint density at radius 1 is 1.00 bits per heavy atom. The summed E-state index contributed by atoms with van der Waals surface area (Å²) in [6.07, 6.45) is 6.95. The van der Waals surface area contributed by atoms with Crippen molar-refractivity contribution in [2.45, 2.75) is 58.6 Å². The molecule has 0 saturated carbocycles. The van der Waals surface area contributed by atoms with Crippen LogP contribution in [0.3, 0.4) is 0 Å². The Balaban J connectivity index is 4.00. The van der Waals surface area contributed by atoms with Crippen molar-refractivity contribution in [1.82, 2.24) is 0 Å². The summed E-state index contributed by atoms with van der Waals surface area (Å²) < 4.78 is 0. The van der Waals surface area contributed by atoms with Crippen LogP contribution >= 0.6 is 0 Å². The van der Waals surface area contributed by atoms with E-state index < -0.39 is 0 Å². The molecule has 0 aromatic rings. The molecule has 0 fully saturated rings. The SMILES string of the molecule is BC(B)C(CC)C(CC)CCCC. The summed E-state index contributed by atoms with van der Waals surface area (Å²) in [5, 5.41) is 0. The van der Waals surface area contributed by atoms with Crippen molar-refractivity contribution in [3.05, 3.63) is 0 Å². The highest BCUT2D eigenvalue weighted by Gasteiger charge is 2.20. The first-order valence-corrected chi connectivity index (χ1v) is 6.17. The van der Waals surface area contributed by atoms with Crippen molar-refractivity contribution in [2.24, 2.45) is 11.8 Å². The minimum absolute atomic E-state index is 0.867. The Bertz CT molecular complexity index is 113. The summed E-state index contributed by atoms with van der Waals surface area (Å²) in [5.41, 5.74) is 0.867. The maximum absolute atomic E-state index is 2.38. The minimum Gasteiger partial charge on any atom is -0.0929 e. The van der Waals surface area contributed by atoms with Gasteiger partial charge in [0.2, 0.25) is 0 Å². The third-order valence-corrected chi connectivity index (χ3v) is 3.39. The van der Waals surface area contributed by atoms with Gasteiger partial charge in [0.25, 0.3) is 0 Å². The summed E-state index contributed by atoms with van der Waals surface area (Å²) in [7, 11) is 4.76. The topological polar surface area (TPSA) is 0 Å². The van der Waals surface area contributed by atoms with Gasteiger partial charge in [-0.3, -0.25) is 0 Å². The molecule has 0 aliphatic rings. The van der Waals surface area contributed by atoms with Crippen LogP contribution in [-0.4, -0.2) is 15.7 Å². The minimum atomic E-state index is 0.867. The second-order valence-electron chi connectivity index (χ2n) is 4.63. The van der Waals surface area contributed by atoms with Gasteiger partial charge in [0.15, 0.2) is 0 Å². The molecule has 0 nitrogen and oxygen atoms in total. The zero-order chi connectivity index (χ0) is 10.3. The lowest BCUT2D eigenvalue weighted by Crippen LogP contribution is -2.19. The monoisotopic (exact) mass is 180 g/mol. The average molecular weight is 180 g/mol. The van der Waals surface area contributed by atoms with Crippen molar-refractivity contribution in [2.75, 3.05) is 0 Å². The van der Waals surface area contributed by atoms with Gasteiger partial charge in [0, 0.05) is 0 Å². The van der Waals surface area contributed by atoms with Gasteiger partial charge >= 0.3 is 0 Å². The van der Waals surface area contributed by atoms with Crippen LogP contribution in [0.15, 0.2) is 0 Å². The second kappa shape index (κ2) is 7.53. The van der Waals surface area contributed by atoms with Crippen molar-refractivity contribution in [3.8, 4) is 0 Å². The zero-order valence-electron chi connectivity index (χ0n) is 10.3. The van der Waals surface area contributed by atoms with E-state index >= 15 is 0 Å². The Hall–Kier alpha value is 0.130. The molecular weight excluding hydrogens is 154 g/mol. The molecule has 13 heavy (non-hydrogen) atoms. The van der Waals surface area contributed by atoms with Gasteiger partial charge < -0.3 is 0 Å². The number of hydrogen-bond acceptors (Lipinski definition) is 0. The van der Waals surface area contributed by atoms with Gasteiger partial charge in [-0.2, -0.15) is 0 Å². The van der Waals surface area contributed by atoms with Gasteiger partial charge in [0.05, 0.1) is 15.7 Å². The highest BCUT2D eigenvalue weighted by Crippen LogP contribution is 2.30. The summed E-state index contributed by atoms with van der Waals surface area (Å²) in [6.45, 7) is 6.99. The molecule has 2 heteroatoms. The molecule has 0 aromatic heterocycles. The maximum Gasteiger partial charge on any atom is 0.0960 e. The smallest absolute Gasteiger partial charge is 0.0929 e. The normalized spacial score (nSPS) is 16.0. The fourth-order valence-electron chi connectivity index (χ4n) is 2.54. The molecule has 0 amide bonds. The Morgan fingerprint density at radius 3 is 1.92 bits per heavy atom. The van der Waals surface area contributed by atoms with E-state index in [1.54, 1.807) is 0 Å². The van der Waals surface area contributed by atoms with E-state index in [9.17, 15) is 0 Å². The maximum atomic E-state index is 2.38. The van der Waals surface area contributed by atoms with E-state index in [2.05, 4.69) is 36.5 Å². The average Bonchev–Trinajstić information content (AvgIpc) is 2.11. The van der Waals surface area contributed by atoms with E-state index in [-0.39, 0.29) is 0 Å². The lowest BCUT2D eigenvalue weighted by Gasteiger charge is -2.28. The molecule has 0 heterocycles. The van der Waals surface area contributed by atoms with Gasteiger partial charge in [0.1, 0.15) is 0 Å². The van der Waals surface area contributed by atoms with E-state index in [4.69, 9.17) is 0 Å². The number of unbranched alkanes of at least 4 members (excludes halogenated alkanes) is 1. The first-order valence-electron chi connectivity index (χ1n) is 6.17. The van der Waals surface area contributed by atoms with Crippen LogP contribution in [0, 0.1) is 11.8 Å². The number of hydrogen-bond donors (Lipinski definition) is 0. The van der Waals surface area contributed by atoms with Crippen molar-refractivity contribution < 1.29 is 0 Å². The van der Waals surface area contributed by atoms with E-state index in [1.807, 2.05) is 0 Å². The van der Waals surface area contributed by atoms with E-state index in [0.29, 0.717) is 0 Å². The Kier molecular flexibility index (Phi) is 7.60. The molecule has 0 saturated heterocycles. The van der Waals surface area contributed by atoms with Crippen LogP contribution in [0.2, 0.25) is 5.72 Å². The van der Waals surface area contributed by atoms with Gasteiger partial charge in [-0.05, 0) is 5.92 Å². The molecule has 0 aliphatic heterocycles. The molecule has 0 aliphatic carbocycles. The molecule has 0 radical (unpaired) electrons. The summed E-state index contributed by atoms with van der Waals surface area (Å²) in [6, 6.07) is 0. The predicted octanol–water partition coefficient (Wildman–Crippen LogP) is 2.24. The predicted molar refractivity (Wildman–Crippen MR) is 67.9 cm³/mol. The molecule has 0 aromatic carbocycles. The molecule has 76 valence electrons. The lowest BCUT2D eigenvalue weighted by molar-refractivity contribution is 0.300. The van der Waals surface area contributed by atoms with Gasteiger partial charge in [-0.25, -0.2) is 0 Å². The standard InChI is InChI=1S/C11H26B2/c1-4-7-8-9(5-2)10(6-3)11(12)13/h9-11H,4-8,12-13H2,1-3H3. The van der Waals surface area contributed by atoms with Gasteiger partial charge in [-0.1, -0.05) is 64.5 Å². The highest BCUT2D eigenvalue weighted by molar-refractivity contribution is 6.35. The lowest BCUT2D eigenvalue weighted by atomic mass is 9.58. The third-order valence-electron chi connectivity index (χ3n) is 3.39. The zero-order valence-corrected chi connectivity index (χ0v) is 10.3. The van der Waals surface area contributed by atoms with Crippen LogP contribution in [0.25, 0.3) is 0 Å². The molecule has 0 bridgehead atoms. The highest BCUT2D eigenvalue weighted by atomic mass is 14.2. The molecule has 2 atom stereocenters. The van der Waals surface area contributed by atoms with Crippen LogP contribution < -0.4 is 0 Å². The fraction of sp³-hybridized carbons (Fsp3) is 1.00.